The van der Waals surface area contributed by atoms with Crippen molar-refractivity contribution < 1.29 is 4.79 Å². The third kappa shape index (κ3) is 3.23. The number of thiocarbonyl (C=S) groups is 1. The van der Waals surface area contributed by atoms with E-state index in [1.807, 2.05) is 13.8 Å². The quantitative estimate of drug-likeness (QED) is 0.764. The summed E-state index contributed by atoms with van der Waals surface area (Å²) in [7, 11) is 0. The maximum Gasteiger partial charge on any atom is 0.235 e. The lowest BCUT2D eigenvalue weighted by molar-refractivity contribution is -0.118. The lowest BCUT2D eigenvalue weighted by Gasteiger charge is -2.18. The Morgan fingerprint density at radius 1 is 1.56 bits per heavy atom. The average molecular weight is 238 g/mol. The Hall–Kier alpha value is -1.56. The molecule has 0 aliphatic heterocycles. The van der Waals surface area contributed by atoms with Crippen LogP contribution >= 0.6 is 12.2 Å². The Labute approximate surface area is 99.4 Å². The van der Waals surface area contributed by atoms with E-state index in [0.717, 1.165) is 0 Å². The number of carbonyl (C=O) groups is 1. The summed E-state index contributed by atoms with van der Waals surface area (Å²) in [5, 5.41) is 10.0. The molecule has 3 N–H and O–H groups in total. The van der Waals surface area contributed by atoms with E-state index in [4.69, 9.17) is 18.0 Å². The molecule has 1 aromatic rings. The second kappa shape index (κ2) is 5.50. The summed E-state index contributed by atoms with van der Waals surface area (Å²) in [4.78, 5) is 12.0. The Kier molecular flexibility index (Phi) is 4.30. The highest BCUT2D eigenvalue weighted by atomic mass is 32.1. The van der Waals surface area contributed by atoms with Crippen LogP contribution < -0.4 is 11.1 Å². The fraction of sp³-hybridized carbons (Fsp3) is 0.400. The predicted octanol–water partition coefficient (Wildman–Crippen LogP) is 0.973. The smallest absolute Gasteiger partial charge is 0.235 e. The first kappa shape index (κ1) is 12.5. The van der Waals surface area contributed by atoms with Gasteiger partial charge in [0, 0.05) is 6.20 Å². The van der Waals surface area contributed by atoms with Crippen LogP contribution in [0, 0.1) is 11.8 Å². The van der Waals surface area contributed by atoms with Gasteiger partial charge in [-0.15, -0.1) is 5.10 Å². The van der Waals surface area contributed by atoms with Crippen molar-refractivity contribution in [2.24, 2.45) is 17.6 Å². The van der Waals surface area contributed by atoms with E-state index in [9.17, 15) is 4.79 Å². The summed E-state index contributed by atoms with van der Waals surface area (Å²) >= 11 is 4.87. The normalized spacial score (nSPS) is 12.2. The molecule has 86 valence electrons. The summed E-state index contributed by atoms with van der Waals surface area (Å²) in [6.45, 7) is 3.78. The van der Waals surface area contributed by atoms with Crippen molar-refractivity contribution >= 4 is 28.9 Å². The van der Waals surface area contributed by atoms with E-state index >= 15 is 0 Å². The van der Waals surface area contributed by atoms with Crippen molar-refractivity contribution in [3.8, 4) is 0 Å². The minimum atomic E-state index is -0.489. The topological polar surface area (TPSA) is 80.9 Å². The molecule has 0 saturated heterocycles. The third-order valence-corrected chi connectivity index (χ3v) is 2.33. The number of anilines is 1. The second-order valence-electron chi connectivity index (χ2n) is 3.72. The van der Waals surface area contributed by atoms with Crippen molar-refractivity contribution in [1.29, 1.82) is 0 Å². The van der Waals surface area contributed by atoms with Gasteiger partial charge in [-0.1, -0.05) is 26.1 Å². The van der Waals surface area contributed by atoms with E-state index < -0.39 is 5.92 Å². The SMILES string of the molecule is CC(C)C(C(=O)Nc1cccnn1)C(N)=S. The highest BCUT2D eigenvalue weighted by Crippen LogP contribution is 2.13. The lowest BCUT2D eigenvalue weighted by Crippen LogP contribution is -2.36. The zero-order valence-electron chi connectivity index (χ0n) is 9.18. The summed E-state index contributed by atoms with van der Waals surface area (Å²) in [5.74, 6) is -0.288. The maximum atomic E-state index is 11.8. The molecule has 0 saturated carbocycles. The molecule has 1 unspecified atom stereocenters. The standard InChI is InChI=1S/C10H14N4OS/c1-6(2)8(9(11)16)10(15)13-7-4-3-5-12-14-7/h3-6,8H,1-2H3,(H2,11,16)(H,13,14,15). The van der Waals surface area contributed by atoms with Crippen molar-refractivity contribution in [3.05, 3.63) is 18.3 Å². The summed E-state index contributed by atoms with van der Waals surface area (Å²) in [6.07, 6.45) is 1.53. The molecule has 1 amide bonds. The fourth-order valence-corrected chi connectivity index (χ4v) is 1.71. The number of nitrogens with two attached hydrogens (primary N) is 1. The number of nitrogens with zero attached hydrogens (tertiary/aromatic N) is 2. The number of nitrogens with one attached hydrogen (secondary N) is 1. The van der Waals surface area contributed by atoms with E-state index in [1.165, 1.54) is 6.20 Å². The molecule has 0 aromatic carbocycles. The molecule has 0 fully saturated rings. The Morgan fingerprint density at radius 3 is 2.69 bits per heavy atom. The zero-order chi connectivity index (χ0) is 12.1. The number of rotatable bonds is 4. The minimum Gasteiger partial charge on any atom is -0.393 e. The Bertz CT molecular complexity index is 380. The van der Waals surface area contributed by atoms with Gasteiger partial charge in [-0.05, 0) is 18.1 Å². The van der Waals surface area contributed by atoms with E-state index in [0.29, 0.717) is 5.82 Å². The molecule has 1 aromatic heterocycles. The van der Waals surface area contributed by atoms with Gasteiger partial charge in [-0.2, -0.15) is 5.10 Å². The molecule has 0 bridgehead atoms. The largest absolute Gasteiger partial charge is 0.393 e. The lowest BCUT2D eigenvalue weighted by atomic mass is 9.95. The van der Waals surface area contributed by atoms with Crippen LogP contribution in [0.2, 0.25) is 0 Å². The maximum absolute atomic E-state index is 11.8. The van der Waals surface area contributed by atoms with Gasteiger partial charge in [0.25, 0.3) is 0 Å². The highest BCUT2D eigenvalue weighted by Gasteiger charge is 2.25. The molecule has 1 rings (SSSR count). The molecule has 6 heteroatoms. The van der Waals surface area contributed by atoms with Crippen LogP contribution in [0.1, 0.15) is 13.8 Å². The molecule has 1 heterocycles. The first-order valence-corrected chi connectivity index (χ1v) is 5.31. The fourth-order valence-electron chi connectivity index (χ4n) is 1.33. The molecular weight excluding hydrogens is 224 g/mol. The Balaban J connectivity index is 2.74. The summed E-state index contributed by atoms with van der Waals surface area (Å²) in [6, 6.07) is 3.34. The van der Waals surface area contributed by atoms with Crippen LogP contribution in [-0.4, -0.2) is 21.1 Å². The van der Waals surface area contributed by atoms with Gasteiger partial charge >= 0.3 is 0 Å². The average Bonchev–Trinajstić information content (AvgIpc) is 2.17. The minimum absolute atomic E-state index is 0.0502. The van der Waals surface area contributed by atoms with Gasteiger partial charge < -0.3 is 11.1 Å². The first-order chi connectivity index (χ1) is 7.52. The van der Waals surface area contributed by atoms with Crippen LogP contribution in [0.25, 0.3) is 0 Å². The predicted molar refractivity (Wildman–Crippen MR) is 65.8 cm³/mol. The van der Waals surface area contributed by atoms with Crippen molar-refractivity contribution in [3.63, 3.8) is 0 Å². The number of hydrogen-bond acceptors (Lipinski definition) is 4. The molecule has 0 aliphatic rings. The van der Waals surface area contributed by atoms with Gasteiger partial charge in [0.2, 0.25) is 5.91 Å². The van der Waals surface area contributed by atoms with Crippen LogP contribution in [0.3, 0.4) is 0 Å². The van der Waals surface area contributed by atoms with Crippen LogP contribution in [0.4, 0.5) is 5.82 Å². The van der Waals surface area contributed by atoms with Gasteiger partial charge in [-0.3, -0.25) is 4.79 Å². The van der Waals surface area contributed by atoms with Crippen molar-refractivity contribution in [1.82, 2.24) is 10.2 Å². The highest BCUT2D eigenvalue weighted by molar-refractivity contribution is 7.80. The monoisotopic (exact) mass is 238 g/mol. The molecule has 0 spiro atoms. The number of amides is 1. The summed E-state index contributed by atoms with van der Waals surface area (Å²) in [5.41, 5.74) is 5.53. The molecule has 0 radical (unpaired) electrons. The molecule has 5 nitrogen and oxygen atoms in total. The van der Waals surface area contributed by atoms with Crippen LogP contribution in [0.15, 0.2) is 18.3 Å². The van der Waals surface area contributed by atoms with Gasteiger partial charge in [0.1, 0.15) is 0 Å². The van der Waals surface area contributed by atoms with Gasteiger partial charge in [0.05, 0.1) is 10.9 Å². The van der Waals surface area contributed by atoms with E-state index in [2.05, 4.69) is 15.5 Å². The first-order valence-electron chi connectivity index (χ1n) is 4.90. The molecular formula is C10H14N4OS. The van der Waals surface area contributed by atoms with Crippen LogP contribution in [-0.2, 0) is 4.79 Å². The van der Waals surface area contributed by atoms with Crippen molar-refractivity contribution in [2.75, 3.05) is 5.32 Å². The van der Waals surface area contributed by atoms with Gasteiger partial charge in [0.15, 0.2) is 5.82 Å². The number of aromatic nitrogens is 2. The molecule has 0 aliphatic carbocycles. The summed E-state index contributed by atoms with van der Waals surface area (Å²) < 4.78 is 0. The third-order valence-electron chi connectivity index (χ3n) is 2.08. The molecule has 16 heavy (non-hydrogen) atoms. The van der Waals surface area contributed by atoms with Crippen molar-refractivity contribution in [2.45, 2.75) is 13.8 Å². The Morgan fingerprint density at radius 2 is 2.25 bits per heavy atom. The van der Waals surface area contributed by atoms with E-state index in [1.54, 1.807) is 12.1 Å². The van der Waals surface area contributed by atoms with Crippen LogP contribution in [0.5, 0.6) is 0 Å². The zero-order valence-corrected chi connectivity index (χ0v) is 9.99. The number of carbonyl (C=O) groups excluding carboxylic acids is 1. The molecule has 1 atom stereocenters. The van der Waals surface area contributed by atoms with Gasteiger partial charge in [-0.25, -0.2) is 0 Å². The number of hydrogen-bond donors (Lipinski definition) is 2. The van der Waals surface area contributed by atoms with E-state index in [-0.39, 0.29) is 16.8 Å². The second-order valence-corrected chi connectivity index (χ2v) is 4.19.